The van der Waals surface area contributed by atoms with Crippen LogP contribution in [-0.2, 0) is 32.7 Å². The summed E-state index contributed by atoms with van der Waals surface area (Å²) in [5.74, 6) is 0.704. The van der Waals surface area contributed by atoms with Gasteiger partial charge < -0.3 is 9.84 Å². The fourth-order valence-electron chi connectivity index (χ4n) is 1.68. The van der Waals surface area contributed by atoms with Crippen LogP contribution in [0.25, 0.3) is 0 Å². The molecule has 0 amide bonds. The predicted octanol–water partition coefficient (Wildman–Crippen LogP) is 2.99. The van der Waals surface area contributed by atoms with E-state index in [2.05, 4.69) is 6.07 Å². The van der Waals surface area contributed by atoms with Crippen LogP contribution in [0.1, 0.15) is 18.1 Å². The van der Waals surface area contributed by atoms with Crippen molar-refractivity contribution in [2.24, 2.45) is 0 Å². The monoisotopic (exact) mass is 316 g/mol. The normalized spacial score (nSPS) is 11.4. The molecule has 2 aromatic rings. The molecule has 0 unspecified atom stereocenters. The Morgan fingerprint density at radius 2 is 1.78 bits per heavy atom. The largest absolute Gasteiger partial charge is 0.512 e. The topological polar surface area (TPSA) is 29.5 Å². The molecular weight excluding hydrogens is 301 g/mol. The van der Waals surface area contributed by atoms with Crippen molar-refractivity contribution in [1.29, 1.82) is 0 Å². The van der Waals surface area contributed by atoms with E-state index in [1.165, 1.54) is 0 Å². The van der Waals surface area contributed by atoms with Crippen LogP contribution >= 0.6 is 0 Å². The Labute approximate surface area is 133 Å². The van der Waals surface area contributed by atoms with Gasteiger partial charge in [0, 0.05) is 51.5 Å². The van der Waals surface area contributed by atoms with E-state index in [9.17, 15) is 0 Å². The number of hydrogen-bond donors (Lipinski definition) is 1. The third-order valence-electron chi connectivity index (χ3n) is 2.51. The third kappa shape index (κ3) is 4.53. The minimum atomic E-state index is -0.125. The summed E-state index contributed by atoms with van der Waals surface area (Å²) >= 11 is 0. The van der Waals surface area contributed by atoms with Crippen LogP contribution in [0.3, 0.4) is 0 Å². The minimum Gasteiger partial charge on any atom is -0.512 e. The molecule has 0 saturated heterocycles. The van der Waals surface area contributed by atoms with Gasteiger partial charge in [-0.25, -0.2) is 0 Å². The molecule has 0 aliphatic heterocycles. The third-order valence-corrected chi connectivity index (χ3v) is 2.51. The molecule has 1 radical (unpaired) electrons. The van der Waals surface area contributed by atoms with Crippen LogP contribution in [0.4, 0.5) is 0 Å². The van der Waals surface area contributed by atoms with Crippen LogP contribution < -0.4 is 4.74 Å². The zero-order valence-corrected chi connectivity index (χ0v) is 13.0. The molecule has 1 N–H and O–H groups in total. The molecule has 1 atom stereocenters. The summed E-state index contributed by atoms with van der Waals surface area (Å²) in [6.45, 7) is 0.104. The zero-order valence-electron chi connectivity index (χ0n) is 10.1. The van der Waals surface area contributed by atoms with Crippen LogP contribution in [0.2, 0.25) is 0 Å². The van der Waals surface area contributed by atoms with Gasteiger partial charge >= 0.3 is 0 Å². The van der Waals surface area contributed by atoms with Crippen molar-refractivity contribution in [2.45, 2.75) is 12.5 Å². The van der Waals surface area contributed by atoms with E-state index in [1.807, 2.05) is 54.6 Å². The summed E-state index contributed by atoms with van der Waals surface area (Å²) in [7, 11) is 0. The second-order valence-electron chi connectivity index (χ2n) is 3.76. The molecule has 0 aromatic heterocycles. The molecule has 91 valence electrons. The number of para-hydroxylation sites is 1. The van der Waals surface area contributed by atoms with E-state index in [-0.39, 0.29) is 45.4 Å². The first-order valence-electron chi connectivity index (χ1n) is 5.69. The SMILES string of the molecule is OCC[C@@H](Oc1[c-]cccc1)c1ccccc1.[Y]. The summed E-state index contributed by atoms with van der Waals surface area (Å²) in [4.78, 5) is 0. The molecule has 0 heterocycles. The number of benzene rings is 2. The van der Waals surface area contributed by atoms with Crippen molar-refractivity contribution < 1.29 is 42.6 Å². The van der Waals surface area contributed by atoms with E-state index >= 15 is 0 Å². The maximum absolute atomic E-state index is 9.09. The smallest absolute Gasteiger partial charge is 0.123 e. The number of rotatable bonds is 5. The van der Waals surface area contributed by atoms with Gasteiger partial charge in [0.2, 0.25) is 0 Å². The molecule has 0 aliphatic carbocycles. The standard InChI is InChI=1S/C15H15O2.Y/c16-12-11-15(13-7-3-1-4-8-13)17-14-9-5-2-6-10-14;/h1-9,15-16H,11-12H2;/q-1;/t15-;/m1./s1. The molecule has 2 rings (SSSR count). The van der Waals surface area contributed by atoms with Gasteiger partial charge in [-0.05, 0) is 5.56 Å². The van der Waals surface area contributed by atoms with E-state index < -0.39 is 0 Å². The molecule has 0 bridgehead atoms. The van der Waals surface area contributed by atoms with Crippen molar-refractivity contribution in [3.05, 3.63) is 66.2 Å². The Morgan fingerprint density at radius 1 is 1.06 bits per heavy atom. The number of hydrogen-bond acceptors (Lipinski definition) is 2. The average molecular weight is 316 g/mol. The Kier molecular flexibility index (Phi) is 7.18. The summed E-state index contributed by atoms with van der Waals surface area (Å²) in [5, 5.41) is 9.09. The quantitative estimate of drug-likeness (QED) is 0.860. The number of aliphatic hydroxyl groups excluding tert-OH is 1. The fraction of sp³-hybridized carbons (Fsp3) is 0.200. The van der Waals surface area contributed by atoms with Crippen molar-refractivity contribution in [1.82, 2.24) is 0 Å². The zero-order chi connectivity index (χ0) is 11.9. The second kappa shape index (κ2) is 8.41. The maximum atomic E-state index is 9.09. The predicted molar refractivity (Wildman–Crippen MR) is 66.8 cm³/mol. The summed E-state index contributed by atoms with van der Waals surface area (Å²) in [6.07, 6.45) is 0.451. The van der Waals surface area contributed by atoms with Gasteiger partial charge in [0.25, 0.3) is 0 Å². The van der Waals surface area contributed by atoms with Crippen LogP contribution in [0.15, 0.2) is 54.6 Å². The average Bonchev–Trinajstić information content (AvgIpc) is 2.40. The fourth-order valence-corrected chi connectivity index (χ4v) is 1.68. The van der Waals surface area contributed by atoms with E-state index in [4.69, 9.17) is 9.84 Å². The van der Waals surface area contributed by atoms with Crippen LogP contribution in [0, 0.1) is 6.07 Å². The Morgan fingerprint density at radius 3 is 2.39 bits per heavy atom. The minimum absolute atomic E-state index is 0. The van der Waals surface area contributed by atoms with Gasteiger partial charge in [0.1, 0.15) is 6.10 Å². The van der Waals surface area contributed by atoms with Gasteiger partial charge in [-0.1, -0.05) is 30.3 Å². The first kappa shape index (κ1) is 15.4. The summed E-state index contributed by atoms with van der Waals surface area (Å²) in [5.41, 5.74) is 1.07. The molecule has 3 heteroatoms. The van der Waals surface area contributed by atoms with Crippen LogP contribution in [0.5, 0.6) is 5.75 Å². The van der Waals surface area contributed by atoms with E-state index in [0.29, 0.717) is 12.2 Å². The molecule has 0 aliphatic rings. The molecule has 2 nitrogen and oxygen atoms in total. The van der Waals surface area contributed by atoms with E-state index in [1.54, 1.807) is 0 Å². The van der Waals surface area contributed by atoms with Gasteiger partial charge in [0.15, 0.2) is 0 Å². The number of ether oxygens (including phenoxy) is 1. The van der Waals surface area contributed by atoms with Crippen molar-refractivity contribution in [2.75, 3.05) is 6.61 Å². The maximum Gasteiger partial charge on any atom is 0.123 e. The second-order valence-corrected chi connectivity index (χ2v) is 3.76. The van der Waals surface area contributed by atoms with E-state index in [0.717, 1.165) is 5.56 Å². The van der Waals surface area contributed by atoms with Gasteiger partial charge in [-0.3, -0.25) is 0 Å². The Balaban J connectivity index is 0.00000162. The number of aliphatic hydroxyl groups is 1. The molecule has 0 spiro atoms. The molecular formula is C15H15O2Y-. The Bertz CT molecular complexity index is 431. The van der Waals surface area contributed by atoms with Crippen molar-refractivity contribution in [3.63, 3.8) is 0 Å². The summed E-state index contributed by atoms with van der Waals surface area (Å²) in [6, 6.07) is 20.4. The molecule has 0 saturated carbocycles. The van der Waals surface area contributed by atoms with Gasteiger partial charge in [0.05, 0.1) is 0 Å². The summed E-state index contributed by atoms with van der Waals surface area (Å²) < 4.78 is 5.83. The first-order valence-corrected chi connectivity index (χ1v) is 5.69. The molecule has 18 heavy (non-hydrogen) atoms. The van der Waals surface area contributed by atoms with Crippen molar-refractivity contribution in [3.8, 4) is 5.75 Å². The Hall–Kier alpha value is -0.696. The molecule has 0 fully saturated rings. The first-order chi connectivity index (χ1) is 8.40. The van der Waals surface area contributed by atoms with Crippen molar-refractivity contribution >= 4 is 0 Å². The van der Waals surface area contributed by atoms with Gasteiger partial charge in [-0.15, -0.1) is 12.1 Å². The molecule has 2 aromatic carbocycles. The van der Waals surface area contributed by atoms with Crippen LogP contribution in [-0.4, -0.2) is 11.7 Å². The van der Waals surface area contributed by atoms with Gasteiger partial charge in [-0.2, -0.15) is 18.2 Å².